The number of sulfone groups is 1. The lowest BCUT2D eigenvalue weighted by Gasteiger charge is -2.28. The van der Waals surface area contributed by atoms with E-state index in [4.69, 9.17) is 4.74 Å². The Labute approximate surface area is 168 Å². The first-order valence-corrected chi connectivity index (χ1v) is 13.0. The molecular formula is C18H25NO5S3. The summed E-state index contributed by atoms with van der Waals surface area (Å²) in [7, 11) is -3.08. The summed E-state index contributed by atoms with van der Waals surface area (Å²) in [5, 5.41) is 1.61. The van der Waals surface area contributed by atoms with E-state index in [9.17, 15) is 18.0 Å². The van der Waals surface area contributed by atoms with Gasteiger partial charge in [0.15, 0.2) is 16.4 Å². The van der Waals surface area contributed by atoms with E-state index in [0.29, 0.717) is 13.0 Å². The lowest BCUT2D eigenvalue weighted by Crippen LogP contribution is -2.44. The Bertz CT molecular complexity index is 789. The third-order valence-corrected chi connectivity index (χ3v) is 8.92. The van der Waals surface area contributed by atoms with Crippen LogP contribution in [0, 0.1) is 0 Å². The number of hydrogen-bond acceptors (Lipinski definition) is 7. The van der Waals surface area contributed by atoms with Gasteiger partial charge >= 0.3 is 5.97 Å². The number of amides is 1. The monoisotopic (exact) mass is 431 g/mol. The van der Waals surface area contributed by atoms with Crippen LogP contribution in [0.3, 0.4) is 0 Å². The number of carbonyl (C=O) groups is 2. The molecule has 9 heteroatoms. The number of carbonyl (C=O) groups excluding carboxylic acids is 2. The number of thiophene rings is 1. The van der Waals surface area contributed by atoms with E-state index in [1.807, 2.05) is 18.4 Å². The van der Waals surface area contributed by atoms with Crippen LogP contribution in [0.2, 0.25) is 0 Å². The van der Waals surface area contributed by atoms with Crippen molar-refractivity contribution in [3.8, 4) is 0 Å². The van der Waals surface area contributed by atoms with Crippen molar-refractivity contribution in [2.75, 3.05) is 30.4 Å². The second-order valence-electron chi connectivity index (χ2n) is 6.91. The van der Waals surface area contributed by atoms with E-state index in [0.717, 1.165) is 30.6 Å². The first-order valence-electron chi connectivity index (χ1n) is 9.25. The highest BCUT2D eigenvalue weighted by atomic mass is 32.2. The van der Waals surface area contributed by atoms with Gasteiger partial charge in [-0.2, -0.15) is 0 Å². The molecule has 0 radical (unpaired) electrons. The van der Waals surface area contributed by atoms with E-state index in [1.54, 1.807) is 28.0 Å². The van der Waals surface area contributed by atoms with E-state index < -0.39 is 9.84 Å². The smallest absolute Gasteiger partial charge is 0.324 e. The van der Waals surface area contributed by atoms with Crippen molar-refractivity contribution in [3.63, 3.8) is 0 Å². The minimum atomic E-state index is -3.08. The van der Waals surface area contributed by atoms with E-state index in [-0.39, 0.29) is 41.3 Å². The Morgan fingerprint density at radius 1 is 1.37 bits per heavy atom. The summed E-state index contributed by atoms with van der Waals surface area (Å²) in [5.41, 5.74) is 0.999. The van der Waals surface area contributed by atoms with Gasteiger partial charge in [-0.15, -0.1) is 23.1 Å². The normalized spacial score (nSPS) is 23.6. The van der Waals surface area contributed by atoms with Crippen LogP contribution >= 0.6 is 23.1 Å². The second kappa shape index (κ2) is 8.96. The Hall–Kier alpha value is -1.06. The highest BCUT2D eigenvalue weighted by Crippen LogP contribution is 2.40. The molecule has 3 rings (SSSR count). The Morgan fingerprint density at radius 2 is 2.19 bits per heavy atom. The van der Waals surface area contributed by atoms with Crippen molar-refractivity contribution in [2.24, 2.45) is 0 Å². The van der Waals surface area contributed by atoms with Crippen molar-refractivity contribution in [3.05, 3.63) is 21.9 Å². The van der Waals surface area contributed by atoms with Crippen LogP contribution in [0.1, 0.15) is 41.9 Å². The number of fused-ring (bicyclic) bond motifs is 1. The van der Waals surface area contributed by atoms with E-state index in [2.05, 4.69) is 0 Å². The minimum Gasteiger partial charge on any atom is -0.454 e. The number of thioether (sulfide) groups is 1. The van der Waals surface area contributed by atoms with Gasteiger partial charge in [-0.1, -0.05) is 13.3 Å². The van der Waals surface area contributed by atoms with Crippen molar-refractivity contribution >= 4 is 44.8 Å². The first-order chi connectivity index (χ1) is 12.9. The summed E-state index contributed by atoms with van der Waals surface area (Å²) >= 11 is 3.19. The first kappa shape index (κ1) is 20.7. The van der Waals surface area contributed by atoms with Crippen LogP contribution in [0.15, 0.2) is 11.4 Å². The molecule has 3 heterocycles. The molecule has 1 amide bonds. The third-order valence-electron chi connectivity index (χ3n) is 4.95. The predicted octanol–water partition coefficient (Wildman–Crippen LogP) is 2.44. The number of aryl methyl sites for hydroxylation is 1. The number of esters is 1. The van der Waals surface area contributed by atoms with Gasteiger partial charge in [0.25, 0.3) is 5.91 Å². The van der Waals surface area contributed by atoms with Crippen LogP contribution in [-0.4, -0.2) is 61.6 Å². The molecule has 1 aromatic rings. The molecule has 0 saturated carbocycles. The van der Waals surface area contributed by atoms with Gasteiger partial charge < -0.3 is 9.64 Å². The molecule has 2 atom stereocenters. The summed E-state index contributed by atoms with van der Waals surface area (Å²) < 4.78 is 28.9. The van der Waals surface area contributed by atoms with Crippen molar-refractivity contribution in [1.82, 2.24) is 4.90 Å². The molecule has 0 spiro atoms. The summed E-state index contributed by atoms with van der Waals surface area (Å²) in [4.78, 5) is 28.0. The zero-order chi connectivity index (χ0) is 19.4. The highest BCUT2D eigenvalue weighted by molar-refractivity contribution is 8.00. The number of nitrogens with zero attached hydrogens (tertiary/aromatic N) is 1. The summed E-state index contributed by atoms with van der Waals surface area (Å²) in [6, 6.07) is 1.65. The van der Waals surface area contributed by atoms with E-state index >= 15 is 0 Å². The molecule has 1 saturated heterocycles. The van der Waals surface area contributed by atoms with Crippen LogP contribution in [0.25, 0.3) is 0 Å². The molecule has 1 fully saturated rings. The zero-order valence-electron chi connectivity index (χ0n) is 15.4. The molecule has 2 aliphatic rings. The van der Waals surface area contributed by atoms with Gasteiger partial charge in [0.2, 0.25) is 0 Å². The molecule has 2 aliphatic heterocycles. The van der Waals surface area contributed by atoms with Crippen LogP contribution in [-0.2, 0) is 30.6 Å². The Kier molecular flexibility index (Phi) is 6.86. The lowest BCUT2D eigenvalue weighted by atomic mass is 10.1. The second-order valence-corrected chi connectivity index (χ2v) is 11.3. The average Bonchev–Trinajstić information content (AvgIpc) is 3.25. The number of hydrogen-bond donors (Lipinski definition) is 0. The van der Waals surface area contributed by atoms with Crippen molar-refractivity contribution in [2.45, 2.75) is 43.9 Å². The summed E-state index contributed by atoms with van der Waals surface area (Å²) in [6.45, 7) is 2.20. The van der Waals surface area contributed by atoms with Crippen LogP contribution < -0.4 is 0 Å². The quantitative estimate of drug-likeness (QED) is 0.617. The fourth-order valence-electron chi connectivity index (χ4n) is 3.49. The lowest BCUT2D eigenvalue weighted by molar-refractivity contribution is -0.152. The molecular weight excluding hydrogens is 406 g/mol. The Balaban J connectivity index is 1.60. The standard InChI is InChI=1S/C18H25NO5S3/c1-2-3-7-19(13-6-10-27(22,23)12-13)16(20)11-24-18(21)17-14-4-8-25-15(14)5-9-26-17/h4,8,13,17H,2-3,5-7,9-12H2,1H3/t13-,17-/m1/s1. The van der Waals surface area contributed by atoms with Gasteiger partial charge in [-0.3, -0.25) is 9.59 Å². The minimum absolute atomic E-state index is 0.00708. The number of rotatable bonds is 7. The molecule has 0 N–H and O–H groups in total. The molecule has 27 heavy (non-hydrogen) atoms. The topological polar surface area (TPSA) is 80.8 Å². The summed E-state index contributed by atoms with van der Waals surface area (Å²) in [5.74, 6) is 0.302. The fourth-order valence-corrected chi connectivity index (χ4v) is 7.51. The van der Waals surface area contributed by atoms with Gasteiger partial charge in [0.1, 0.15) is 5.25 Å². The predicted molar refractivity (Wildman–Crippen MR) is 108 cm³/mol. The molecule has 0 aliphatic carbocycles. The van der Waals surface area contributed by atoms with Crippen LogP contribution in [0.5, 0.6) is 0 Å². The number of unbranched alkanes of at least 4 members (excludes halogenated alkanes) is 1. The maximum absolute atomic E-state index is 12.7. The summed E-state index contributed by atoms with van der Waals surface area (Å²) in [6.07, 6.45) is 3.12. The van der Waals surface area contributed by atoms with Gasteiger partial charge in [-0.05, 0) is 42.0 Å². The highest BCUT2D eigenvalue weighted by Gasteiger charge is 2.35. The maximum Gasteiger partial charge on any atom is 0.324 e. The fraction of sp³-hybridized carbons (Fsp3) is 0.667. The number of ether oxygens (including phenoxy) is 1. The largest absolute Gasteiger partial charge is 0.454 e. The maximum atomic E-state index is 12.7. The van der Waals surface area contributed by atoms with Crippen molar-refractivity contribution < 1.29 is 22.7 Å². The molecule has 6 nitrogen and oxygen atoms in total. The zero-order valence-corrected chi connectivity index (χ0v) is 17.8. The molecule has 0 aromatic carbocycles. The molecule has 0 unspecified atom stereocenters. The Morgan fingerprint density at radius 3 is 2.89 bits per heavy atom. The molecule has 1 aromatic heterocycles. The van der Waals surface area contributed by atoms with Gasteiger partial charge in [0.05, 0.1) is 11.5 Å². The molecule has 150 valence electrons. The third kappa shape index (κ3) is 5.06. The van der Waals surface area contributed by atoms with Gasteiger partial charge in [-0.25, -0.2) is 8.42 Å². The SMILES string of the molecule is CCCCN(C(=O)COC(=O)[C@@H]1SCCc2sccc21)[C@@H]1CCS(=O)(=O)C1. The van der Waals surface area contributed by atoms with Crippen LogP contribution in [0.4, 0.5) is 0 Å². The van der Waals surface area contributed by atoms with Gasteiger partial charge in [0, 0.05) is 17.5 Å². The van der Waals surface area contributed by atoms with E-state index in [1.165, 1.54) is 4.88 Å². The molecule has 0 bridgehead atoms. The van der Waals surface area contributed by atoms with Crippen molar-refractivity contribution in [1.29, 1.82) is 0 Å². The average molecular weight is 432 g/mol.